The lowest BCUT2D eigenvalue weighted by atomic mass is 9.99. The Kier molecular flexibility index (Phi) is 4.69. The van der Waals surface area contributed by atoms with Crippen molar-refractivity contribution >= 4 is 0 Å². The van der Waals surface area contributed by atoms with E-state index in [0.29, 0.717) is 0 Å². The van der Waals surface area contributed by atoms with E-state index in [9.17, 15) is 28.5 Å². The molecule has 0 amide bonds. The summed E-state index contributed by atoms with van der Waals surface area (Å²) >= 11 is 0. The van der Waals surface area contributed by atoms with Crippen molar-refractivity contribution in [2.24, 2.45) is 0 Å². The van der Waals surface area contributed by atoms with Gasteiger partial charge in [0.05, 0.1) is 6.61 Å². The summed E-state index contributed by atoms with van der Waals surface area (Å²) in [5, 5.41) is 36.6. The zero-order valence-corrected chi connectivity index (χ0v) is 8.54. The molecule has 102 valence electrons. The maximum atomic E-state index is 11.9. The molecule has 1 aliphatic rings. The third-order valence-corrected chi connectivity index (χ3v) is 2.26. The third kappa shape index (κ3) is 3.76. The minimum Gasteiger partial charge on any atom is -0.394 e. The van der Waals surface area contributed by atoms with Crippen LogP contribution in [0.15, 0.2) is 0 Å². The van der Waals surface area contributed by atoms with Crippen molar-refractivity contribution in [2.45, 2.75) is 36.9 Å². The fourth-order valence-electron chi connectivity index (χ4n) is 1.38. The minimum atomic E-state index is -4.61. The largest absolute Gasteiger partial charge is 0.411 e. The number of hydrogen-bond acceptors (Lipinski definition) is 6. The lowest BCUT2D eigenvalue weighted by Gasteiger charge is -2.39. The Morgan fingerprint density at radius 1 is 1.06 bits per heavy atom. The normalized spacial score (nSPS) is 39.4. The molecule has 5 atom stereocenters. The number of aliphatic hydroxyl groups excluding tert-OH is 4. The molecule has 4 N–H and O–H groups in total. The summed E-state index contributed by atoms with van der Waals surface area (Å²) in [5.74, 6) is 0. The Labute approximate surface area is 94.2 Å². The molecule has 1 rings (SSSR count). The first-order chi connectivity index (χ1) is 7.76. The van der Waals surface area contributed by atoms with Gasteiger partial charge in [0.1, 0.15) is 31.0 Å². The summed E-state index contributed by atoms with van der Waals surface area (Å²) in [6, 6.07) is 0. The van der Waals surface area contributed by atoms with Crippen LogP contribution in [-0.2, 0) is 9.47 Å². The Bertz CT molecular complexity index is 246. The van der Waals surface area contributed by atoms with E-state index in [1.165, 1.54) is 0 Å². The van der Waals surface area contributed by atoms with Gasteiger partial charge in [-0.1, -0.05) is 0 Å². The van der Waals surface area contributed by atoms with Crippen LogP contribution in [0.5, 0.6) is 0 Å². The zero-order chi connectivity index (χ0) is 13.2. The first-order valence-electron chi connectivity index (χ1n) is 4.75. The highest BCUT2D eigenvalue weighted by Crippen LogP contribution is 2.24. The maximum Gasteiger partial charge on any atom is 0.411 e. The van der Waals surface area contributed by atoms with Gasteiger partial charge in [-0.15, -0.1) is 0 Å². The van der Waals surface area contributed by atoms with Gasteiger partial charge in [0.15, 0.2) is 6.29 Å². The summed E-state index contributed by atoms with van der Waals surface area (Å²) < 4.78 is 44.5. The molecule has 0 aromatic heterocycles. The van der Waals surface area contributed by atoms with E-state index in [1.807, 2.05) is 0 Å². The monoisotopic (exact) mass is 262 g/mol. The molecule has 0 spiro atoms. The van der Waals surface area contributed by atoms with Crippen LogP contribution < -0.4 is 0 Å². The lowest BCUT2D eigenvalue weighted by Crippen LogP contribution is -2.59. The molecule has 0 aliphatic carbocycles. The number of hydrogen-bond donors (Lipinski definition) is 4. The van der Waals surface area contributed by atoms with Crippen LogP contribution in [0, 0.1) is 0 Å². The van der Waals surface area contributed by atoms with Crippen LogP contribution in [0.3, 0.4) is 0 Å². The topological polar surface area (TPSA) is 99.4 Å². The molecule has 0 saturated carbocycles. The Morgan fingerprint density at radius 3 is 2.12 bits per heavy atom. The van der Waals surface area contributed by atoms with Gasteiger partial charge in [0.2, 0.25) is 0 Å². The maximum absolute atomic E-state index is 11.9. The number of ether oxygens (including phenoxy) is 2. The lowest BCUT2D eigenvalue weighted by molar-refractivity contribution is -0.319. The van der Waals surface area contributed by atoms with Crippen molar-refractivity contribution < 1.29 is 43.1 Å². The molecule has 9 heteroatoms. The molecule has 1 heterocycles. The molecule has 1 fully saturated rings. The number of halogens is 3. The van der Waals surface area contributed by atoms with Gasteiger partial charge in [-0.05, 0) is 0 Å². The molecule has 0 aromatic rings. The molecule has 0 bridgehead atoms. The third-order valence-electron chi connectivity index (χ3n) is 2.26. The Balaban J connectivity index is 2.59. The highest BCUT2D eigenvalue weighted by atomic mass is 19.4. The molecule has 0 unspecified atom stereocenters. The summed E-state index contributed by atoms with van der Waals surface area (Å²) in [5.41, 5.74) is 0. The van der Waals surface area contributed by atoms with Crippen LogP contribution in [0.1, 0.15) is 0 Å². The van der Waals surface area contributed by atoms with Gasteiger partial charge < -0.3 is 29.9 Å². The van der Waals surface area contributed by atoms with Crippen molar-refractivity contribution in [1.29, 1.82) is 0 Å². The molecule has 17 heavy (non-hydrogen) atoms. The van der Waals surface area contributed by atoms with Gasteiger partial charge in [0, 0.05) is 0 Å². The van der Waals surface area contributed by atoms with Gasteiger partial charge in [-0.25, -0.2) is 0 Å². The van der Waals surface area contributed by atoms with Crippen molar-refractivity contribution in [3.05, 3.63) is 0 Å². The van der Waals surface area contributed by atoms with E-state index >= 15 is 0 Å². The number of alkyl halides is 3. The quantitative estimate of drug-likeness (QED) is 0.487. The van der Waals surface area contributed by atoms with E-state index in [1.54, 1.807) is 0 Å². The van der Waals surface area contributed by atoms with Crippen LogP contribution in [0.2, 0.25) is 0 Å². The van der Waals surface area contributed by atoms with Crippen molar-refractivity contribution in [3.63, 3.8) is 0 Å². The van der Waals surface area contributed by atoms with E-state index in [2.05, 4.69) is 4.74 Å². The van der Waals surface area contributed by atoms with Crippen LogP contribution in [0.25, 0.3) is 0 Å². The SMILES string of the molecule is OC[C@H]1O[C@H](OCC(F)(F)F)[C@H](O)[C@@H](O)[C@H]1O. The summed E-state index contributed by atoms with van der Waals surface area (Å²) in [7, 11) is 0. The van der Waals surface area contributed by atoms with Gasteiger partial charge in [-0.2, -0.15) is 13.2 Å². The molecular weight excluding hydrogens is 249 g/mol. The second-order valence-electron chi connectivity index (χ2n) is 3.62. The Morgan fingerprint density at radius 2 is 1.65 bits per heavy atom. The van der Waals surface area contributed by atoms with Gasteiger partial charge >= 0.3 is 6.18 Å². The number of aliphatic hydroxyl groups is 4. The predicted octanol–water partition coefficient (Wildman–Crippen LogP) is -1.63. The standard InChI is InChI=1S/C8H13F3O6/c9-8(10,11)2-16-7-6(15)5(14)4(13)3(1-12)17-7/h3-7,12-15H,1-2H2/t3-,4+,5+,6-,7+/m1/s1. The average Bonchev–Trinajstić information content (AvgIpc) is 2.24. The van der Waals surface area contributed by atoms with E-state index in [0.717, 1.165) is 0 Å². The predicted molar refractivity (Wildman–Crippen MR) is 45.8 cm³/mol. The molecule has 6 nitrogen and oxygen atoms in total. The van der Waals surface area contributed by atoms with Crippen LogP contribution >= 0.6 is 0 Å². The smallest absolute Gasteiger partial charge is 0.394 e. The number of rotatable bonds is 3. The first kappa shape index (κ1) is 14.6. The second-order valence-corrected chi connectivity index (χ2v) is 3.62. The highest BCUT2D eigenvalue weighted by Gasteiger charge is 2.45. The van der Waals surface area contributed by atoms with E-state index in [4.69, 9.17) is 9.84 Å². The van der Waals surface area contributed by atoms with Crippen LogP contribution in [-0.4, -0.2) is 70.5 Å². The fraction of sp³-hybridized carbons (Fsp3) is 1.00. The van der Waals surface area contributed by atoms with Gasteiger partial charge in [0.25, 0.3) is 0 Å². The average molecular weight is 262 g/mol. The van der Waals surface area contributed by atoms with Crippen molar-refractivity contribution in [2.75, 3.05) is 13.2 Å². The summed E-state index contributed by atoms with van der Waals surface area (Å²) in [6.07, 6.45) is -12.9. The molecule has 0 radical (unpaired) electrons. The van der Waals surface area contributed by atoms with E-state index < -0.39 is 50.1 Å². The fourth-order valence-corrected chi connectivity index (χ4v) is 1.38. The van der Waals surface area contributed by atoms with Crippen molar-refractivity contribution in [1.82, 2.24) is 0 Å². The molecule has 1 saturated heterocycles. The molecule has 0 aromatic carbocycles. The van der Waals surface area contributed by atoms with Crippen LogP contribution in [0.4, 0.5) is 13.2 Å². The second kappa shape index (κ2) is 5.46. The molecule has 1 aliphatic heterocycles. The van der Waals surface area contributed by atoms with Gasteiger partial charge in [-0.3, -0.25) is 0 Å². The summed E-state index contributed by atoms with van der Waals surface area (Å²) in [6.45, 7) is -2.40. The summed E-state index contributed by atoms with van der Waals surface area (Å²) in [4.78, 5) is 0. The molecular formula is C8H13F3O6. The Hall–Kier alpha value is -0.450. The van der Waals surface area contributed by atoms with Crippen molar-refractivity contribution in [3.8, 4) is 0 Å². The zero-order valence-electron chi connectivity index (χ0n) is 8.54. The highest BCUT2D eigenvalue weighted by molar-refractivity contribution is 4.88. The minimum absolute atomic E-state index is 0.725. The first-order valence-corrected chi connectivity index (χ1v) is 4.75. The van der Waals surface area contributed by atoms with E-state index in [-0.39, 0.29) is 0 Å².